The highest BCUT2D eigenvalue weighted by atomic mass is 16.6. The van der Waals surface area contributed by atoms with Gasteiger partial charge in [0.05, 0.1) is 4.92 Å². The molecule has 1 aromatic rings. The SMILES string of the molecule is O=[N+]([O-])c1cccnc1N1CC[C@@H]2CCCC[C@@H]2C1. The first kappa shape index (κ1) is 12.4. The maximum absolute atomic E-state index is 11.1. The van der Waals surface area contributed by atoms with Crippen molar-refractivity contribution in [2.45, 2.75) is 32.1 Å². The first-order valence-corrected chi connectivity index (χ1v) is 7.10. The number of pyridine rings is 1. The lowest BCUT2D eigenvalue weighted by atomic mass is 9.75. The molecular formula is C14H19N3O2. The topological polar surface area (TPSA) is 59.3 Å². The Bertz CT molecular complexity index is 478. The number of piperidine rings is 1. The first-order chi connectivity index (χ1) is 9.25. The summed E-state index contributed by atoms with van der Waals surface area (Å²) in [6.45, 7) is 1.83. The Balaban J connectivity index is 1.81. The van der Waals surface area contributed by atoms with Crippen LogP contribution in [-0.2, 0) is 0 Å². The summed E-state index contributed by atoms with van der Waals surface area (Å²) < 4.78 is 0. The lowest BCUT2D eigenvalue weighted by Crippen LogP contribution is -2.42. The number of nitro groups is 1. The quantitative estimate of drug-likeness (QED) is 0.606. The largest absolute Gasteiger partial charge is 0.351 e. The molecule has 1 saturated carbocycles. The maximum atomic E-state index is 11.1. The van der Waals surface area contributed by atoms with Crippen LogP contribution in [0.15, 0.2) is 18.3 Å². The molecule has 0 spiro atoms. The molecule has 0 aromatic carbocycles. The third-order valence-corrected chi connectivity index (χ3v) is 4.55. The molecule has 0 radical (unpaired) electrons. The average Bonchev–Trinajstić information content (AvgIpc) is 2.46. The number of rotatable bonds is 2. The summed E-state index contributed by atoms with van der Waals surface area (Å²) in [7, 11) is 0. The van der Waals surface area contributed by atoms with Crippen LogP contribution in [0.3, 0.4) is 0 Å². The van der Waals surface area contributed by atoms with Gasteiger partial charge in [0.25, 0.3) is 0 Å². The molecule has 3 rings (SSSR count). The van der Waals surface area contributed by atoms with Gasteiger partial charge in [-0.15, -0.1) is 0 Å². The lowest BCUT2D eigenvalue weighted by molar-refractivity contribution is -0.384. The highest BCUT2D eigenvalue weighted by Gasteiger charge is 2.33. The number of aromatic nitrogens is 1. The zero-order valence-electron chi connectivity index (χ0n) is 11.0. The van der Waals surface area contributed by atoms with Crippen LogP contribution in [0.2, 0.25) is 0 Å². The van der Waals surface area contributed by atoms with Crippen LogP contribution in [0.25, 0.3) is 0 Å². The third-order valence-electron chi connectivity index (χ3n) is 4.55. The van der Waals surface area contributed by atoms with Crippen molar-refractivity contribution in [3.63, 3.8) is 0 Å². The third kappa shape index (κ3) is 2.41. The van der Waals surface area contributed by atoms with Gasteiger partial charge in [-0.05, 0) is 30.7 Å². The van der Waals surface area contributed by atoms with Crippen LogP contribution < -0.4 is 4.90 Å². The average molecular weight is 261 g/mol. The second-order valence-electron chi connectivity index (χ2n) is 5.64. The van der Waals surface area contributed by atoms with E-state index in [0.717, 1.165) is 25.4 Å². The summed E-state index contributed by atoms with van der Waals surface area (Å²) in [6.07, 6.45) is 8.06. The predicted molar refractivity (Wildman–Crippen MR) is 73.2 cm³/mol. The molecule has 102 valence electrons. The summed E-state index contributed by atoms with van der Waals surface area (Å²) >= 11 is 0. The molecule has 0 unspecified atom stereocenters. The Morgan fingerprint density at radius 3 is 2.84 bits per heavy atom. The van der Waals surface area contributed by atoms with E-state index in [1.54, 1.807) is 18.3 Å². The van der Waals surface area contributed by atoms with Gasteiger partial charge in [-0.3, -0.25) is 10.1 Å². The molecule has 1 aliphatic carbocycles. The van der Waals surface area contributed by atoms with E-state index in [-0.39, 0.29) is 10.6 Å². The van der Waals surface area contributed by atoms with Gasteiger partial charge in [0, 0.05) is 25.4 Å². The second-order valence-corrected chi connectivity index (χ2v) is 5.64. The van der Waals surface area contributed by atoms with Crippen molar-refractivity contribution in [2.75, 3.05) is 18.0 Å². The van der Waals surface area contributed by atoms with Gasteiger partial charge in [0.15, 0.2) is 0 Å². The fourth-order valence-corrected chi connectivity index (χ4v) is 3.57. The summed E-state index contributed by atoms with van der Waals surface area (Å²) in [4.78, 5) is 17.1. The summed E-state index contributed by atoms with van der Waals surface area (Å²) in [5.74, 6) is 2.08. The van der Waals surface area contributed by atoms with Gasteiger partial charge in [-0.2, -0.15) is 0 Å². The Morgan fingerprint density at radius 1 is 1.26 bits per heavy atom. The van der Waals surface area contributed by atoms with Gasteiger partial charge in [0.2, 0.25) is 5.82 Å². The predicted octanol–water partition coefficient (Wildman–Crippen LogP) is 3.01. The number of hydrogen-bond acceptors (Lipinski definition) is 4. The van der Waals surface area contributed by atoms with Crippen LogP contribution in [0, 0.1) is 22.0 Å². The molecular weight excluding hydrogens is 242 g/mol. The van der Waals surface area contributed by atoms with Crippen LogP contribution in [0.5, 0.6) is 0 Å². The smallest absolute Gasteiger partial charge is 0.311 e. The molecule has 19 heavy (non-hydrogen) atoms. The van der Waals surface area contributed by atoms with Crippen molar-refractivity contribution < 1.29 is 4.92 Å². The van der Waals surface area contributed by atoms with Crippen LogP contribution in [0.1, 0.15) is 32.1 Å². The number of nitrogens with zero attached hydrogens (tertiary/aromatic N) is 3. The van der Waals surface area contributed by atoms with E-state index in [1.807, 2.05) is 0 Å². The van der Waals surface area contributed by atoms with E-state index in [2.05, 4.69) is 9.88 Å². The van der Waals surface area contributed by atoms with Crippen molar-refractivity contribution in [3.8, 4) is 0 Å². The Kier molecular flexibility index (Phi) is 3.36. The standard InChI is InChI=1S/C14H19N3O2/c18-17(19)13-6-3-8-15-14(13)16-9-7-11-4-1-2-5-12(11)10-16/h3,6,8,11-12H,1-2,4-5,7,9-10H2/t11-,12+/m0/s1. The Morgan fingerprint density at radius 2 is 2.05 bits per heavy atom. The van der Waals surface area contributed by atoms with E-state index in [1.165, 1.54) is 25.7 Å². The molecule has 0 bridgehead atoms. The highest BCUT2D eigenvalue weighted by Crippen LogP contribution is 2.38. The molecule has 2 aliphatic rings. The highest BCUT2D eigenvalue weighted by molar-refractivity contribution is 5.57. The summed E-state index contributed by atoms with van der Waals surface area (Å²) in [5.41, 5.74) is 0.136. The van der Waals surface area contributed by atoms with E-state index in [4.69, 9.17) is 0 Å². The number of fused-ring (bicyclic) bond motifs is 1. The molecule has 1 aliphatic heterocycles. The van der Waals surface area contributed by atoms with Crippen LogP contribution >= 0.6 is 0 Å². The molecule has 5 nitrogen and oxygen atoms in total. The van der Waals surface area contributed by atoms with Crippen LogP contribution in [-0.4, -0.2) is 23.0 Å². The first-order valence-electron chi connectivity index (χ1n) is 7.10. The van der Waals surface area contributed by atoms with E-state index in [9.17, 15) is 10.1 Å². The molecule has 5 heteroatoms. The Labute approximate surface area is 112 Å². The molecule has 0 N–H and O–H groups in total. The van der Waals surface area contributed by atoms with Gasteiger partial charge in [-0.1, -0.05) is 19.3 Å². The molecule has 0 amide bonds. The second kappa shape index (κ2) is 5.15. The zero-order valence-corrected chi connectivity index (χ0v) is 11.0. The monoisotopic (exact) mass is 261 g/mol. The van der Waals surface area contributed by atoms with Crippen molar-refractivity contribution in [2.24, 2.45) is 11.8 Å². The Hall–Kier alpha value is -1.65. The van der Waals surface area contributed by atoms with Crippen molar-refractivity contribution in [1.82, 2.24) is 4.98 Å². The summed E-state index contributed by atoms with van der Waals surface area (Å²) in [5, 5.41) is 11.1. The maximum Gasteiger partial charge on any atom is 0.311 e. The molecule has 2 heterocycles. The van der Waals surface area contributed by atoms with Crippen molar-refractivity contribution >= 4 is 11.5 Å². The molecule has 1 saturated heterocycles. The van der Waals surface area contributed by atoms with Gasteiger partial charge >= 0.3 is 5.69 Å². The molecule has 1 aromatic heterocycles. The van der Waals surface area contributed by atoms with E-state index >= 15 is 0 Å². The lowest BCUT2D eigenvalue weighted by Gasteiger charge is -2.41. The normalized spacial score (nSPS) is 26.8. The minimum Gasteiger partial charge on any atom is -0.351 e. The number of anilines is 1. The fraction of sp³-hybridized carbons (Fsp3) is 0.643. The van der Waals surface area contributed by atoms with Gasteiger partial charge in [0.1, 0.15) is 0 Å². The van der Waals surface area contributed by atoms with E-state index in [0.29, 0.717) is 11.7 Å². The van der Waals surface area contributed by atoms with Crippen molar-refractivity contribution in [1.29, 1.82) is 0 Å². The van der Waals surface area contributed by atoms with Crippen LogP contribution in [0.4, 0.5) is 11.5 Å². The minimum atomic E-state index is -0.324. The van der Waals surface area contributed by atoms with Gasteiger partial charge in [-0.25, -0.2) is 4.98 Å². The minimum absolute atomic E-state index is 0.136. The fourth-order valence-electron chi connectivity index (χ4n) is 3.57. The summed E-state index contributed by atoms with van der Waals surface area (Å²) in [6, 6.07) is 3.18. The van der Waals surface area contributed by atoms with Crippen molar-refractivity contribution in [3.05, 3.63) is 28.4 Å². The molecule has 2 fully saturated rings. The van der Waals surface area contributed by atoms with E-state index < -0.39 is 0 Å². The van der Waals surface area contributed by atoms with Gasteiger partial charge < -0.3 is 4.90 Å². The zero-order chi connectivity index (χ0) is 13.2. The number of hydrogen-bond donors (Lipinski definition) is 0. The molecule has 2 atom stereocenters.